The molecule has 4 heteroatoms. The Morgan fingerprint density at radius 1 is 1.57 bits per heavy atom. The second-order valence-corrected chi connectivity index (χ2v) is 3.37. The Kier molecular flexibility index (Phi) is 4.32. The highest BCUT2D eigenvalue weighted by Gasteiger charge is 2.13. The zero-order valence-electron chi connectivity index (χ0n) is 8.18. The Morgan fingerprint density at radius 2 is 2.29 bits per heavy atom. The SMILES string of the molecule is CNC(COC)c1cc(F)ccc1Cl. The van der Waals surface area contributed by atoms with Crippen LogP contribution in [0.15, 0.2) is 18.2 Å². The van der Waals surface area contributed by atoms with Gasteiger partial charge in [-0.3, -0.25) is 0 Å². The molecule has 0 aliphatic heterocycles. The number of nitrogens with one attached hydrogen (secondary N) is 1. The van der Waals surface area contributed by atoms with Crippen LogP contribution in [0.3, 0.4) is 0 Å². The van der Waals surface area contributed by atoms with Crippen LogP contribution in [0.5, 0.6) is 0 Å². The number of halogens is 2. The molecule has 0 heterocycles. The third-order valence-electron chi connectivity index (χ3n) is 2.02. The van der Waals surface area contributed by atoms with Gasteiger partial charge in [-0.15, -0.1) is 0 Å². The largest absolute Gasteiger partial charge is 0.383 e. The summed E-state index contributed by atoms with van der Waals surface area (Å²) in [7, 11) is 3.38. The molecule has 0 aliphatic carbocycles. The average Bonchev–Trinajstić information content (AvgIpc) is 2.18. The lowest BCUT2D eigenvalue weighted by Gasteiger charge is -2.16. The Morgan fingerprint density at radius 3 is 2.86 bits per heavy atom. The number of hydrogen-bond donors (Lipinski definition) is 1. The molecule has 0 saturated carbocycles. The van der Waals surface area contributed by atoms with Crippen LogP contribution in [0.1, 0.15) is 11.6 Å². The molecule has 0 amide bonds. The third-order valence-corrected chi connectivity index (χ3v) is 2.36. The summed E-state index contributed by atoms with van der Waals surface area (Å²) < 4.78 is 18.0. The highest BCUT2D eigenvalue weighted by atomic mass is 35.5. The van der Waals surface area contributed by atoms with Gasteiger partial charge in [-0.05, 0) is 30.8 Å². The molecule has 0 radical (unpaired) electrons. The minimum atomic E-state index is -0.291. The van der Waals surface area contributed by atoms with Crippen LogP contribution in [0.4, 0.5) is 4.39 Å². The summed E-state index contributed by atoms with van der Waals surface area (Å²) in [5.74, 6) is -0.291. The molecule has 0 spiro atoms. The van der Waals surface area contributed by atoms with Crippen LogP contribution in [-0.4, -0.2) is 20.8 Å². The highest BCUT2D eigenvalue weighted by molar-refractivity contribution is 6.31. The van der Waals surface area contributed by atoms with Crippen molar-refractivity contribution in [3.63, 3.8) is 0 Å². The molecule has 0 fully saturated rings. The van der Waals surface area contributed by atoms with Gasteiger partial charge in [-0.25, -0.2) is 4.39 Å². The van der Waals surface area contributed by atoms with Gasteiger partial charge < -0.3 is 10.1 Å². The summed E-state index contributed by atoms with van der Waals surface area (Å²) in [5.41, 5.74) is 0.719. The summed E-state index contributed by atoms with van der Waals surface area (Å²) in [4.78, 5) is 0. The molecule has 0 bridgehead atoms. The van der Waals surface area contributed by atoms with E-state index in [9.17, 15) is 4.39 Å². The minimum Gasteiger partial charge on any atom is -0.383 e. The average molecular weight is 218 g/mol. The number of rotatable bonds is 4. The van der Waals surface area contributed by atoms with Gasteiger partial charge in [0.15, 0.2) is 0 Å². The van der Waals surface area contributed by atoms with Crippen molar-refractivity contribution >= 4 is 11.6 Å². The number of ether oxygens (including phenoxy) is 1. The van der Waals surface area contributed by atoms with Gasteiger partial charge in [0, 0.05) is 12.1 Å². The van der Waals surface area contributed by atoms with Crippen LogP contribution < -0.4 is 5.32 Å². The summed E-state index contributed by atoms with van der Waals surface area (Å²) in [6, 6.07) is 4.23. The Hall–Kier alpha value is -0.640. The number of hydrogen-bond acceptors (Lipinski definition) is 2. The maximum atomic E-state index is 13.0. The molecule has 1 aromatic carbocycles. The molecule has 1 atom stereocenters. The van der Waals surface area contributed by atoms with Crippen molar-refractivity contribution in [3.8, 4) is 0 Å². The standard InChI is InChI=1S/C10H13ClFNO/c1-13-10(6-14-2)8-5-7(12)3-4-9(8)11/h3-5,10,13H,6H2,1-2H3. The Balaban J connectivity index is 2.96. The number of likely N-dealkylation sites (N-methyl/N-ethyl adjacent to an activating group) is 1. The molecular formula is C10H13ClFNO. The molecule has 1 unspecified atom stereocenters. The van der Waals surface area contributed by atoms with Crippen LogP contribution in [-0.2, 0) is 4.74 Å². The first kappa shape index (κ1) is 11.4. The van der Waals surface area contributed by atoms with Gasteiger partial charge in [0.25, 0.3) is 0 Å². The molecular weight excluding hydrogens is 205 g/mol. The Labute approximate surface area is 88.0 Å². The maximum Gasteiger partial charge on any atom is 0.123 e. The van der Waals surface area contributed by atoms with Crippen LogP contribution in [0.25, 0.3) is 0 Å². The lowest BCUT2D eigenvalue weighted by molar-refractivity contribution is 0.170. The lowest BCUT2D eigenvalue weighted by atomic mass is 10.1. The predicted octanol–water partition coefficient (Wildman–Crippen LogP) is 2.39. The van der Waals surface area contributed by atoms with E-state index in [2.05, 4.69) is 5.32 Å². The molecule has 1 rings (SSSR count). The van der Waals surface area contributed by atoms with Gasteiger partial charge in [-0.2, -0.15) is 0 Å². The monoisotopic (exact) mass is 217 g/mol. The van der Waals surface area contributed by atoms with E-state index in [4.69, 9.17) is 16.3 Å². The van der Waals surface area contributed by atoms with E-state index >= 15 is 0 Å². The van der Waals surface area contributed by atoms with E-state index in [0.717, 1.165) is 5.56 Å². The Bertz CT molecular complexity index is 306. The van der Waals surface area contributed by atoms with Crippen molar-refractivity contribution in [3.05, 3.63) is 34.6 Å². The normalized spacial score (nSPS) is 12.9. The fraction of sp³-hybridized carbons (Fsp3) is 0.400. The van der Waals surface area contributed by atoms with E-state index < -0.39 is 0 Å². The fourth-order valence-corrected chi connectivity index (χ4v) is 1.53. The molecule has 0 aliphatic rings. The summed E-state index contributed by atoms with van der Waals surface area (Å²) >= 11 is 5.94. The first-order chi connectivity index (χ1) is 6.69. The molecule has 78 valence electrons. The van der Waals surface area contributed by atoms with Crippen molar-refractivity contribution < 1.29 is 9.13 Å². The summed E-state index contributed by atoms with van der Waals surface area (Å²) in [6.45, 7) is 0.458. The van der Waals surface area contributed by atoms with Crippen molar-refractivity contribution in [2.24, 2.45) is 0 Å². The summed E-state index contributed by atoms with van der Waals surface area (Å²) in [5, 5.41) is 3.56. The second-order valence-electron chi connectivity index (χ2n) is 2.96. The first-order valence-corrected chi connectivity index (χ1v) is 4.68. The van der Waals surface area contributed by atoms with Crippen LogP contribution in [0, 0.1) is 5.82 Å². The van der Waals surface area contributed by atoms with Gasteiger partial charge >= 0.3 is 0 Å². The van der Waals surface area contributed by atoms with Crippen molar-refractivity contribution in [2.45, 2.75) is 6.04 Å². The molecule has 1 N–H and O–H groups in total. The molecule has 0 saturated heterocycles. The summed E-state index contributed by atoms with van der Waals surface area (Å²) in [6.07, 6.45) is 0. The number of methoxy groups -OCH3 is 1. The van der Waals surface area contributed by atoms with Crippen LogP contribution >= 0.6 is 11.6 Å². The molecule has 1 aromatic rings. The number of benzene rings is 1. The van der Waals surface area contributed by atoms with Gasteiger partial charge in [-0.1, -0.05) is 11.6 Å². The van der Waals surface area contributed by atoms with Crippen LogP contribution in [0.2, 0.25) is 5.02 Å². The molecule has 2 nitrogen and oxygen atoms in total. The van der Waals surface area contributed by atoms with Gasteiger partial charge in [0.05, 0.1) is 12.6 Å². The van der Waals surface area contributed by atoms with Crippen molar-refractivity contribution in [1.29, 1.82) is 0 Å². The zero-order chi connectivity index (χ0) is 10.6. The van der Waals surface area contributed by atoms with E-state index in [1.165, 1.54) is 12.1 Å². The highest BCUT2D eigenvalue weighted by Crippen LogP contribution is 2.23. The topological polar surface area (TPSA) is 21.3 Å². The molecule has 14 heavy (non-hydrogen) atoms. The smallest absolute Gasteiger partial charge is 0.123 e. The van der Waals surface area contributed by atoms with Crippen molar-refractivity contribution in [1.82, 2.24) is 5.32 Å². The quantitative estimate of drug-likeness (QED) is 0.836. The zero-order valence-corrected chi connectivity index (χ0v) is 8.94. The lowest BCUT2D eigenvalue weighted by Crippen LogP contribution is -2.21. The first-order valence-electron chi connectivity index (χ1n) is 4.30. The molecule has 0 aromatic heterocycles. The third kappa shape index (κ3) is 2.67. The van der Waals surface area contributed by atoms with Gasteiger partial charge in [0.2, 0.25) is 0 Å². The van der Waals surface area contributed by atoms with E-state index in [0.29, 0.717) is 11.6 Å². The van der Waals surface area contributed by atoms with Gasteiger partial charge in [0.1, 0.15) is 5.82 Å². The van der Waals surface area contributed by atoms with E-state index in [1.807, 2.05) is 0 Å². The van der Waals surface area contributed by atoms with E-state index in [-0.39, 0.29) is 11.9 Å². The van der Waals surface area contributed by atoms with Crippen molar-refractivity contribution in [2.75, 3.05) is 20.8 Å². The maximum absolute atomic E-state index is 13.0. The van der Waals surface area contributed by atoms with E-state index in [1.54, 1.807) is 20.2 Å². The predicted molar refractivity (Wildman–Crippen MR) is 55.1 cm³/mol. The minimum absolute atomic E-state index is 0.0804. The second kappa shape index (κ2) is 5.29. The fourth-order valence-electron chi connectivity index (χ4n) is 1.28.